The molecule has 0 aliphatic carbocycles. The maximum atomic E-state index is 13.0. The highest BCUT2D eigenvalue weighted by molar-refractivity contribution is 7.91. The Balaban J connectivity index is 2.94. The summed E-state index contributed by atoms with van der Waals surface area (Å²) < 4.78 is 66.5. The molecule has 0 fully saturated rings. The van der Waals surface area contributed by atoms with Crippen molar-refractivity contribution in [1.29, 1.82) is 0 Å². The van der Waals surface area contributed by atoms with Gasteiger partial charge in [0.05, 0.1) is 12.3 Å². The van der Waals surface area contributed by atoms with E-state index in [4.69, 9.17) is 0 Å². The molecule has 1 aromatic carbocycles. The van der Waals surface area contributed by atoms with Gasteiger partial charge in [-0.25, -0.2) is 0 Å². The normalized spacial score (nSPS) is 12.3. The quantitative estimate of drug-likeness (QED) is 0.554. The van der Waals surface area contributed by atoms with Crippen LogP contribution in [0.2, 0.25) is 0 Å². The van der Waals surface area contributed by atoms with E-state index in [9.17, 15) is 20.7 Å². The fraction of sp³-hybridized carbons (Fsp3) is 0.333. The van der Waals surface area contributed by atoms with Crippen LogP contribution in [0.25, 0.3) is 0 Å². The average Bonchev–Trinajstić information content (AvgIpc) is 2.27. The van der Waals surface area contributed by atoms with Gasteiger partial charge in [0.15, 0.2) is 0 Å². The number of methoxy groups -OCH3 is 1. The van der Waals surface area contributed by atoms with Crippen molar-refractivity contribution in [2.24, 2.45) is 0 Å². The Hall–Kier alpha value is -1.23. The number of rotatable bonds is 7. The summed E-state index contributed by atoms with van der Waals surface area (Å²) in [7, 11) is -7.62. The standard InChI is InChI=1S/C9H13FN2O5S2/c1-17-7-6-11-19(15,16)12-8-4-2-3-5-9(8)18(10,13)14/h2-5,11-12H,6-7H2,1H3. The molecule has 19 heavy (non-hydrogen) atoms. The summed E-state index contributed by atoms with van der Waals surface area (Å²) in [6.07, 6.45) is 0. The van der Waals surface area contributed by atoms with Gasteiger partial charge in [0, 0.05) is 13.7 Å². The van der Waals surface area contributed by atoms with E-state index < -0.39 is 25.3 Å². The van der Waals surface area contributed by atoms with Crippen LogP contribution in [0.1, 0.15) is 0 Å². The molecule has 0 bridgehead atoms. The summed E-state index contributed by atoms with van der Waals surface area (Å²) >= 11 is 0. The zero-order chi connectivity index (χ0) is 14.5. The molecular formula is C9H13FN2O5S2. The Bertz CT molecular complexity index is 630. The van der Waals surface area contributed by atoms with Crippen molar-refractivity contribution >= 4 is 26.1 Å². The fourth-order valence-corrected chi connectivity index (χ4v) is 2.80. The molecule has 0 unspecified atom stereocenters. The fourth-order valence-electron chi connectivity index (χ4n) is 1.22. The van der Waals surface area contributed by atoms with Crippen LogP contribution in [-0.2, 0) is 25.2 Å². The minimum atomic E-state index is -5.01. The van der Waals surface area contributed by atoms with Crippen molar-refractivity contribution in [3.8, 4) is 0 Å². The highest BCUT2D eigenvalue weighted by Gasteiger charge is 2.20. The van der Waals surface area contributed by atoms with Crippen LogP contribution < -0.4 is 9.44 Å². The van der Waals surface area contributed by atoms with Crippen LogP contribution >= 0.6 is 0 Å². The van der Waals surface area contributed by atoms with Crippen LogP contribution in [0.15, 0.2) is 29.2 Å². The Morgan fingerprint density at radius 3 is 2.42 bits per heavy atom. The van der Waals surface area contributed by atoms with Crippen molar-refractivity contribution in [2.45, 2.75) is 4.90 Å². The van der Waals surface area contributed by atoms with Crippen molar-refractivity contribution in [1.82, 2.24) is 4.72 Å². The number of anilines is 1. The summed E-state index contributed by atoms with van der Waals surface area (Å²) in [5, 5.41) is 0. The van der Waals surface area contributed by atoms with E-state index in [1.807, 2.05) is 4.72 Å². The molecule has 0 aromatic heterocycles. The number of ether oxygens (including phenoxy) is 1. The summed E-state index contributed by atoms with van der Waals surface area (Å²) in [6.45, 7) is 0.139. The third kappa shape index (κ3) is 5.11. The average molecular weight is 312 g/mol. The van der Waals surface area contributed by atoms with Crippen molar-refractivity contribution < 1.29 is 25.5 Å². The lowest BCUT2D eigenvalue weighted by Crippen LogP contribution is -2.32. The van der Waals surface area contributed by atoms with E-state index in [1.54, 1.807) is 0 Å². The first-order valence-corrected chi connectivity index (χ1v) is 7.93. The zero-order valence-corrected chi connectivity index (χ0v) is 11.6. The second kappa shape index (κ2) is 6.28. The molecule has 7 nitrogen and oxygen atoms in total. The maximum absolute atomic E-state index is 13.0. The van der Waals surface area contributed by atoms with Crippen LogP contribution in [0.4, 0.5) is 9.57 Å². The SMILES string of the molecule is COCCNS(=O)(=O)Nc1ccccc1S(=O)(=O)F. The van der Waals surface area contributed by atoms with Crippen molar-refractivity contribution in [3.05, 3.63) is 24.3 Å². The van der Waals surface area contributed by atoms with Crippen molar-refractivity contribution in [3.63, 3.8) is 0 Å². The van der Waals surface area contributed by atoms with Gasteiger partial charge in [0.25, 0.3) is 10.2 Å². The molecular weight excluding hydrogens is 299 g/mol. The van der Waals surface area contributed by atoms with Gasteiger partial charge in [-0.3, -0.25) is 4.72 Å². The highest BCUT2D eigenvalue weighted by atomic mass is 32.3. The van der Waals surface area contributed by atoms with E-state index in [0.29, 0.717) is 0 Å². The molecule has 1 aromatic rings. The van der Waals surface area contributed by atoms with Gasteiger partial charge in [-0.1, -0.05) is 12.1 Å². The second-order valence-corrected chi connectivity index (χ2v) is 6.24. The van der Waals surface area contributed by atoms with Gasteiger partial charge in [0.2, 0.25) is 0 Å². The van der Waals surface area contributed by atoms with Crippen LogP contribution in [0.3, 0.4) is 0 Å². The largest absolute Gasteiger partial charge is 0.383 e. The Morgan fingerprint density at radius 1 is 1.21 bits per heavy atom. The second-order valence-electron chi connectivity index (χ2n) is 3.43. The van der Waals surface area contributed by atoms with Gasteiger partial charge in [0.1, 0.15) is 4.90 Å². The topological polar surface area (TPSA) is 102 Å². The first-order valence-electron chi connectivity index (χ1n) is 5.06. The number of benzene rings is 1. The minimum absolute atomic E-state index is 0.00360. The highest BCUT2D eigenvalue weighted by Crippen LogP contribution is 2.23. The number of nitrogens with one attached hydrogen (secondary N) is 2. The molecule has 0 aliphatic heterocycles. The Labute approximate surface area is 111 Å². The molecule has 0 saturated heterocycles. The third-order valence-electron chi connectivity index (χ3n) is 1.99. The van der Waals surface area contributed by atoms with Gasteiger partial charge in [-0.15, -0.1) is 3.89 Å². The predicted molar refractivity (Wildman–Crippen MR) is 67.2 cm³/mol. The Morgan fingerprint density at radius 2 is 1.84 bits per heavy atom. The summed E-state index contributed by atoms with van der Waals surface area (Å²) in [4.78, 5) is -0.743. The van der Waals surface area contributed by atoms with Gasteiger partial charge in [-0.2, -0.15) is 21.6 Å². The van der Waals surface area contributed by atoms with E-state index in [-0.39, 0.29) is 18.8 Å². The molecule has 0 atom stereocenters. The van der Waals surface area contributed by atoms with E-state index in [1.165, 1.54) is 19.2 Å². The first kappa shape index (κ1) is 15.8. The third-order valence-corrected chi connectivity index (χ3v) is 3.95. The zero-order valence-electron chi connectivity index (χ0n) is 9.96. The molecule has 10 heteroatoms. The molecule has 2 N–H and O–H groups in total. The predicted octanol–water partition coefficient (Wildman–Crippen LogP) is 0.237. The first-order chi connectivity index (χ1) is 8.76. The molecule has 0 spiro atoms. The van der Waals surface area contributed by atoms with E-state index >= 15 is 0 Å². The lowest BCUT2D eigenvalue weighted by molar-refractivity contribution is 0.204. The molecule has 0 amide bonds. The molecule has 0 saturated carbocycles. The maximum Gasteiger partial charge on any atom is 0.334 e. The van der Waals surface area contributed by atoms with Gasteiger partial charge < -0.3 is 4.74 Å². The molecule has 0 heterocycles. The number of para-hydroxylation sites is 1. The molecule has 0 aliphatic rings. The van der Waals surface area contributed by atoms with Crippen LogP contribution in [0, 0.1) is 0 Å². The van der Waals surface area contributed by atoms with Crippen LogP contribution in [-0.4, -0.2) is 37.1 Å². The van der Waals surface area contributed by atoms with E-state index in [2.05, 4.69) is 9.46 Å². The number of halogens is 1. The number of hydrogen-bond acceptors (Lipinski definition) is 5. The summed E-state index contributed by atoms with van der Waals surface area (Å²) in [5.74, 6) is 0. The lowest BCUT2D eigenvalue weighted by Gasteiger charge is -2.10. The monoisotopic (exact) mass is 312 g/mol. The minimum Gasteiger partial charge on any atom is -0.383 e. The molecule has 0 radical (unpaired) electrons. The molecule has 1 rings (SSSR count). The van der Waals surface area contributed by atoms with E-state index in [0.717, 1.165) is 12.1 Å². The summed E-state index contributed by atoms with van der Waals surface area (Å²) in [6, 6.07) is 4.76. The van der Waals surface area contributed by atoms with Crippen LogP contribution in [0.5, 0.6) is 0 Å². The molecule has 108 valence electrons. The van der Waals surface area contributed by atoms with Crippen molar-refractivity contribution in [2.75, 3.05) is 25.0 Å². The summed E-state index contributed by atoms with van der Waals surface area (Å²) in [5.41, 5.74) is -0.366. The Kier molecular flexibility index (Phi) is 5.23. The smallest absolute Gasteiger partial charge is 0.334 e. The number of hydrogen-bond donors (Lipinski definition) is 2. The van der Waals surface area contributed by atoms with Gasteiger partial charge >= 0.3 is 10.2 Å². The van der Waals surface area contributed by atoms with Gasteiger partial charge in [-0.05, 0) is 12.1 Å². The lowest BCUT2D eigenvalue weighted by atomic mass is 10.3.